The van der Waals surface area contributed by atoms with Crippen LogP contribution >= 0.6 is 0 Å². The van der Waals surface area contributed by atoms with Crippen LogP contribution in [0, 0.1) is 0 Å². The van der Waals surface area contributed by atoms with E-state index in [-0.39, 0.29) is 18.4 Å². The van der Waals surface area contributed by atoms with E-state index >= 15 is 0 Å². The minimum atomic E-state index is -0.0662. The first-order valence-corrected chi connectivity index (χ1v) is 6.64. The van der Waals surface area contributed by atoms with E-state index in [2.05, 4.69) is 17.1 Å². The summed E-state index contributed by atoms with van der Waals surface area (Å²) in [5.74, 6) is -0.108. The van der Waals surface area contributed by atoms with Gasteiger partial charge >= 0.3 is 0 Å². The summed E-state index contributed by atoms with van der Waals surface area (Å²) in [7, 11) is 3.99. The second-order valence-electron chi connectivity index (χ2n) is 4.80. The van der Waals surface area contributed by atoms with Gasteiger partial charge in [-0.2, -0.15) is 0 Å². The lowest BCUT2D eigenvalue weighted by atomic mass is 10.3. The molecule has 0 aromatic carbocycles. The van der Waals surface area contributed by atoms with Crippen LogP contribution in [0.3, 0.4) is 0 Å². The van der Waals surface area contributed by atoms with Gasteiger partial charge in [0.15, 0.2) is 0 Å². The van der Waals surface area contributed by atoms with Crippen molar-refractivity contribution in [3.05, 3.63) is 0 Å². The summed E-state index contributed by atoms with van der Waals surface area (Å²) in [6.45, 7) is 6.01. The van der Waals surface area contributed by atoms with Crippen molar-refractivity contribution < 1.29 is 9.59 Å². The van der Waals surface area contributed by atoms with Gasteiger partial charge in [-0.3, -0.25) is 9.59 Å². The summed E-state index contributed by atoms with van der Waals surface area (Å²) < 4.78 is 0. The lowest BCUT2D eigenvalue weighted by Crippen LogP contribution is -2.41. The molecule has 5 heteroatoms. The summed E-state index contributed by atoms with van der Waals surface area (Å²) in [6, 6.07) is 0. The van der Waals surface area contributed by atoms with Gasteiger partial charge in [0, 0.05) is 20.0 Å². The number of nitrogens with zero attached hydrogens (tertiary/aromatic N) is 2. The molecule has 0 rings (SSSR count). The lowest BCUT2D eigenvalue weighted by Gasteiger charge is -2.21. The molecule has 0 saturated heterocycles. The SMILES string of the molecule is CCCCNC(=O)CN(CCCN(C)C)C(C)=O. The monoisotopic (exact) mass is 257 g/mol. The van der Waals surface area contributed by atoms with E-state index in [9.17, 15) is 9.59 Å². The van der Waals surface area contributed by atoms with Gasteiger partial charge in [0.1, 0.15) is 0 Å². The van der Waals surface area contributed by atoms with E-state index in [1.54, 1.807) is 4.90 Å². The standard InChI is InChI=1S/C13H27N3O2/c1-5-6-8-14-13(18)11-16(12(2)17)10-7-9-15(3)4/h5-11H2,1-4H3,(H,14,18). The molecule has 0 atom stereocenters. The molecule has 0 aliphatic rings. The highest BCUT2D eigenvalue weighted by Gasteiger charge is 2.12. The maximum Gasteiger partial charge on any atom is 0.239 e. The minimum Gasteiger partial charge on any atom is -0.355 e. The zero-order valence-corrected chi connectivity index (χ0v) is 12.2. The molecule has 0 spiro atoms. The Bertz CT molecular complexity index is 255. The summed E-state index contributed by atoms with van der Waals surface area (Å²) in [5.41, 5.74) is 0. The Kier molecular flexibility index (Phi) is 9.28. The van der Waals surface area contributed by atoms with Gasteiger partial charge in [-0.25, -0.2) is 0 Å². The second-order valence-corrected chi connectivity index (χ2v) is 4.80. The molecule has 0 heterocycles. The molecule has 0 aromatic rings. The van der Waals surface area contributed by atoms with Gasteiger partial charge in [0.25, 0.3) is 0 Å². The fourth-order valence-corrected chi connectivity index (χ4v) is 1.56. The van der Waals surface area contributed by atoms with Crippen LogP contribution in [0.1, 0.15) is 33.1 Å². The van der Waals surface area contributed by atoms with Crippen LogP contribution in [-0.4, -0.2) is 61.9 Å². The van der Waals surface area contributed by atoms with Crippen LogP contribution in [0.25, 0.3) is 0 Å². The highest BCUT2D eigenvalue weighted by atomic mass is 16.2. The van der Waals surface area contributed by atoms with Gasteiger partial charge in [-0.1, -0.05) is 13.3 Å². The van der Waals surface area contributed by atoms with Crippen LogP contribution in [0.2, 0.25) is 0 Å². The zero-order valence-electron chi connectivity index (χ0n) is 12.2. The first-order valence-electron chi connectivity index (χ1n) is 6.64. The molecular formula is C13H27N3O2. The third-order valence-corrected chi connectivity index (χ3v) is 2.67. The minimum absolute atomic E-state index is 0.0422. The van der Waals surface area contributed by atoms with Crippen LogP contribution in [0.15, 0.2) is 0 Å². The lowest BCUT2D eigenvalue weighted by molar-refractivity contribution is -0.134. The Hall–Kier alpha value is -1.10. The number of hydrogen-bond acceptors (Lipinski definition) is 3. The van der Waals surface area contributed by atoms with E-state index in [0.717, 1.165) is 25.8 Å². The second kappa shape index (κ2) is 9.88. The Morgan fingerprint density at radius 2 is 1.78 bits per heavy atom. The predicted octanol–water partition coefficient (Wildman–Crippen LogP) is 0.703. The van der Waals surface area contributed by atoms with Crippen LogP contribution in [0.4, 0.5) is 0 Å². The van der Waals surface area contributed by atoms with E-state index in [4.69, 9.17) is 0 Å². The third-order valence-electron chi connectivity index (χ3n) is 2.67. The van der Waals surface area contributed by atoms with Crippen molar-refractivity contribution in [1.82, 2.24) is 15.1 Å². The zero-order chi connectivity index (χ0) is 14.0. The number of nitrogens with one attached hydrogen (secondary N) is 1. The highest BCUT2D eigenvalue weighted by molar-refractivity contribution is 5.83. The van der Waals surface area contributed by atoms with E-state index < -0.39 is 0 Å². The molecule has 0 aromatic heterocycles. The number of unbranched alkanes of at least 4 members (excludes halogenated alkanes) is 1. The molecule has 0 fully saturated rings. The molecule has 0 unspecified atom stereocenters. The molecule has 1 N–H and O–H groups in total. The van der Waals surface area contributed by atoms with Crippen molar-refractivity contribution >= 4 is 11.8 Å². The van der Waals surface area contributed by atoms with E-state index in [0.29, 0.717) is 13.1 Å². The van der Waals surface area contributed by atoms with Crippen molar-refractivity contribution in [3.8, 4) is 0 Å². The molecule has 0 radical (unpaired) electrons. The van der Waals surface area contributed by atoms with E-state index in [1.807, 2.05) is 14.1 Å². The Balaban J connectivity index is 3.95. The summed E-state index contributed by atoms with van der Waals surface area (Å²) in [5, 5.41) is 2.82. The van der Waals surface area contributed by atoms with Crippen molar-refractivity contribution in [2.24, 2.45) is 0 Å². The maximum absolute atomic E-state index is 11.6. The van der Waals surface area contributed by atoms with Crippen molar-refractivity contribution in [2.45, 2.75) is 33.1 Å². The average molecular weight is 257 g/mol. The van der Waals surface area contributed by atoms with E-state index in [1.165, 1.54) is 6.92 Å². The molecule has 0 aliphatic heterocycles. The number of rotatable bonds is 9. The van der Waals surface area contributed by atoms with Crippen LogP contribution < -0.4 is 5.32 Å². The van der Waals surface area contributed by atoms with Gasteiger partial charge in [0.2, 0.25) is 11.8 Å². The van der Waals surface area contributed by atoms with Crippen molar-refractivity contribution in [2.75, 3.05) is 40.3 Å². The Morgan fingerprint density at radius 1 is 1.11 bits per heavy atom. The summed E-state index contributed by atoms with van der Waals surface area (Å²) in [4.78, 5) is 26.7. The number of hydrogen-bond donors (Lipinski definition) is 1. The van der Waals surface area contributed by atoms with Gasteiger partial charge in [0.05, 0.1) is 6.54 Å². The number of amides is 2. The quantitative estimate of drug-likeness (QED) is 0.619. The first-order chi connectivity index (χ1) is 8.47. The molecule has 106 valence electrons. The molecule has 0 bridgehead atoms. The highest BCUT2D eigenvalue weighted by Crippen LogP contribution is 1.94. The Labute approximate surface area is 111 Å². The molecule has 2 amide bonds. The first kappa shape index (κ1) is 16.9. The van der Waals surface area contributed by atoms with Crippen LogP contribution in [-0.2, 0) is 9.59 Å². The van der Waals surface area contributed by atoms with Gasteiger partial charge in [-0.15, -0.1) is 0 Å². The van der Waals surface area contributed by atoms with Crippen molar-refractivity contribution in [1.29, 1.82) is 0 Å². The normalized spacial score (nSPS) is 10.5. The predicted molar refractivity (Wildman–Crippen MR) is 73.3 cm³/mol. The molecule has 5 nitrogen and oxygen atoms in total. The largest absolute Gasteiger partial charge is 0.355 e. The fourth-order valence-electron chi connectivity index (χ4n) is 1.56. The van der Waals surface area contributed by atoms with Crippen molar-refractivity contribution in [3.63, 3.8) is 0 Å². The molecule has 0 saturated carbocycles. The number of carbonyl (C=O) groups is 2. The van der Waals surface area contributed by atoms with Crippen LogP contribution in [0.5, 0.6) is 0 Å². The third kappa shape index (κ3) is 8.98. The summed E-state index contributed by atoms with van der Waals surface area (Å²) in [6.07, 6.45) is 2.92. The topological polar surface area (TPSA) is 52.7 Å². The average Bonchev–Trinajstić information content (AvgIpc) is 2.27. The summed E-state index contributed by atoms with van der Waals surface area (Å²) >= 11 is 0. The number of carbonyl (C=O) groups excluding carboxylic acids is 2. The molecular weight excluding hydrogens is 230 g/mol. The van der Waals surface area contributed by atoms with Gasteiger partial charge < -0.3 is 15.1 Å². The molecule has 0 aliphatic carbocycles. The molecule has 18 heavy (non-hydrogen) atoms. The van der Waals surface area contributed by atoms with Gasteiger partial charge in [-0.05, 0) is 33.5 Å². The fraction of sp³-hybridized carbons (Fsp3) is 0.846. The maximum atomic E-state index is 11.6. The smallest absolute Gasteiger partial charge is 0.239 e. The Morgan fingerprint density at radius 3 is 2.28 bits per heavy atom.